The van der Waals surface area contributed by atoms with Gasteiger partial charge in [-0.15, -0.1) is 11.3 Å². The second-order valence-electron chi connectivity index (χ2n) is 7.51. The van der Waals surface area contributed by atoms with Crippen LogP contribution in [0.1, 0.15) is 40.5 Å². The highest BCUT2D eigenvalue weighted by Crippen LogP contribution is 2.28. The van der Waals surface area contributed by atoms with Gasteiger partial charge in [0.15, 0.2) is 11.5 Å². The van der Waals surface area contributed by atoms with E-state index < -0.39 is 0 Å². The number of hydrogen-bond donors (Lipinski definition) is 0. The van der Waals surface area contributed by atoms with E-state index in [4.69, 9.17) is 10.1 Å². The first-order chi connectivity index (χ1) is 14.2. The second kappa shape index (κ2) is 7.40. The largest absolute Gasteiger partial charge is 0.338 e. The molecule has 1 aliphatic rings. The molecule has 1 fully saturated rings. The van der Waals surface area contributed by atoms with Crippen molar-refractivity contribution in [2.75, 3.05) is 13.1 Å². The highest BCUT2D eigenvalue weighted by Gasteiger charge is 2.28. The van der Waals surface area contributed by atoms with E-state index in [1.54, 1.807) is 23.7 Å². The average Bonchev–Trinajstić information content (AvgIpc) is 3.42. The second-order valence-corrected chi connectivity index (χ2v) is 8.46. The monoisotopic (exact) mass is 403 g/mol. The summed E-state index contributed by atoms with van der Waals surface area (Å²) >= 11 is 1.71. The number of carbonyl (C=O) groups is 1. The van der Waals surface area contributed by atoms with Crippen LogP contribution in [0.2, 0.25) is 0 Å². The summed E-state index contributed by atoms with van der Waals surface area (Å²) in [5, 5.41) is 6.82. The lowest BCUT2D eigenvalue weighted by molar-refractivity contribution is 0.0704. The van der Waals surface area contributed by atoms with Crippen LogP contribution in [-0.4, -0.2) is 43.5 Å². The first-order valence-electron chi connectivity index (χ1n) is 9.78. The van der Waals surface area contributed by atoms with Crippen LogP contribution in [0.15, 0.2) is 54.3 Å². The quantitative estimate of drug-likeness (QED) is 0.515. The molecule has 0 unspecified atom stereocenters. The fourth-order valence-corrected chi connectivity index (χ4v) is 4.61. The maximum Gasteiger partial charge on any atom is 0.255 e. The van der Waals surface area contributed by atoms with Gasteiger partial charge in [0, 0.05) is 48.0 Å². The molecule has 0 aliphatic carbocycles. The normalized spacial score (nSPS) is 17.0. The minimum atomic E-state index is 0.0367. The average molecular weight is 404 g/mol. The van der Waals surface area contributed by atoms with Gasteiger partial charge in [-0.3, -0.25) is 9.78 Å². The summed E-state index contributed by atoms with van der Waals surface area (Å²) in [6, 6.07) is 10.1. The fraction of sp³-hybridized carbons (Fsp3) is 0.273. The van der Waals surface area contributed by atoms with Gasteiger partial charge in [0.1, 0.15) is 0 Å². The van der Waals surface area contributed by atoms with Gasteiger partial charge < -0.3 is 4.90 Å². The number of aromatic nitrogens is 4. The number of pyridine rings is 2. The molecule has 29 heavy (non-hydrogen) atoms. The summed E-state index contributed by atoms with van der Waals surface area (Å²) < 4.78 is 1.86. The molecule has 0 N–H and O–H groups in total. The third kappa shape index (κ3) is 3.53. The maximum atomic E-state index is 12.9. The number of rotatable bonds is 3. The van der Waals surface area contributed by atoms with Crippen LogP contribution in [-0.2, 0) is 0 Å². The molecule has 1 atom stereocenters. The fourth-order valence-electron chi connectivity index (χ4n) is 3.89. The van der Waals surface area contributed by atoms with Crippen molar-refractivity contribution < 1.29 is 4.79 Å². The molecule has 4 aromatic heterocycles. The number of carbonyl (C=O) groups excluding carboxylic acids is 1. The maximum absolute atomic E-state index is 12.9. The Balaban J connectivity index is 1.39. The number of thiophene rings is 1. The van der Waals surface area contributed by atoms with E-state index in [0.29, 0.717) is 12.1 Å². The predicted octanol–water partition coefficient (Wildman–Crippen LogP) is 4.18. The summed E-state index contributed by atoms with van der Waals surface area (Å²) in [5.74, 6) is 0.999. The van der Waals surface area contributed by atoms with E-state index >= 15 is 0 Å². The molecule has 4 aromatic rings. The van der Waals surface area contributed by atoms with Gasteiger partial charge in [-0.1, -0.05) is 6.07 Å². The van der Waals surface area contributed by atoms with Crippen molar-refractivity contribution in [1.29, 1.82) is 0 Å². The third-order valence-corrected chi connectivity index (χ3v) is 6.27. The Kier molecular flexibility index (Phi) is 4.60. The number of hydrogen-bond acceptors (Lipinski definition) is 5. The molecule has 0 aromatic carbocycles. The molecular formula is C22H21N5OS. The molecular weight excluding hydrogens is 382 g/mol. The Hall–Kier alpha value is -3.06. The first-order valence-corrected chi connectivity index (χ1v) is 10.7. The smallest absolute Gasteiger partial charge is 0.255 e. The van der Waals surface area contributed by atoms with Crippen molar-refractivity contribution in [3.8, 4) is 10.4 Å². The van der Waals surface area contributed by atoms with Crippen molar-refractivity contribution in [1.82, 2.24) is 24.5 Å². The van der Waals surface area contributed by atoms with Crippen molar-refractivity contribution in [3.05, 3.63) is 71.3 Å². The molecule has 0 spiro atoms. The number of likely N-dealkylation sites (tertiary alicyclic amines) is 1. The number of aryl methyl sites for hydroxylation is 1. The summed E-state index contributed by atoms with van der Waals surface area (Å²) in [6.45, 7) is 3.36. The molecule has 0 radical (unpaired) electrons. The van der Waals surface area contributed by atoms with Crippen LogP contribution in [0.3, 0.4) is 0 Å². The Bertz CT molecular complexity index is 1170. The molecule has 5 rings (SSSR count). The minimum Gasteiger partial charge on any atom is -0.338 e. The third-order valence-electron chi connectivity index (χ3n) is 5.35. The van der Waals surface area contributed by atoms with E-state index in [9.17, 15) is 4.79 Å². The lowest BCUT2D eigenvalue weighted by Crippen LogP contribution is -2.39. The van der Waals surface area contributed by atoms with Gasteiger partial charge in [-0.05, 0) is 55.0 Å². The van der Waals surface area contributed by atoms with Gasteiger partial charge >= 0.3 is 0 Å². The Morgan fingerprint density at radius 2 is 2.17 bits per heavy atom. The van der Waals surface area contributed by atoms with Gasteiger partial charge in [-0.25, -0.2) is 9.50 Å². The highest BCUT2D eigenvalue weighted by molar-refractivity contribution is 7.13. The number of nitrogens with zero attached hydrogens (tertiary/aromatic N) is 5. The Morgan fingerprint density at radius 3 is 3.00 bits per heavy atom. The van der Waals surface area contributed by atoms with Crippen LogP contribution in [0.25, 0.3) is 16.1 Å². The zero-order valence-electron chi connectivity index (χ0n) is 16.2. The van der Waals surface area contributed by atoms with E-state index in [2.05, 4.69) is 22.5 Å². The van der Waals surface area contributed by atoms with Crippen LogP contribution in [0.4, 0.5) is 0 Å². The summed E-state index contributed by atoms with van der Waals surface area (Å²) in [5.41, 5.74) is 3.62. The standard InChI is InChI=1S/C22H21N5OS/c1-15-10-18(12-23-11-15)22(28)26-8-2-4-17(13-26)21-24-20-7-6-16(14-27(20)25-21)19-5-3-9-29-19/h3,5-7,9-12,14,17H,2,4,8,13H2,1H3/t17-/m0/s1. The summed E-state index contributed by atoms with van der Waals surface area (Å²) in [7, 11) is 0. The molecule has 5 heterocycles. The van der Waals surface area contributed by atoms with Gasteiger partial charge in [0.05, 0.1) is 5.56 Å². The molecule has 0 bridgehead atoms. The van der Waals surface area contributed by atoms with Gasteiger partial charge in [0.25, 0.3) is 5.91 Å². The topological polar surface area (TPSA) is 63.4 Å². The molecule has 1 saturated heterocycles. The van der Waals surface area contributed by atoms with Gasteiger partial charge in [-0.2, -0.15) is 5.10 Å². The molecule has 1 amide bonds. The molecule has 0 saturated carbocycles. The molecule has 7 heteroatoms. The van der Waals surface area contributed by atoms with Crippen molar-refractivity contribution in [3.63, 3.8) is 0 Å². The zero-order valence-corrected chi connectivity index (χ0v) is 17.0. The van der Waals surface area contributed by atoms with E-state index in [0.717, 1.165) is 42.0 Å². The van der Waals surface area contributed by atoms with Gasteiger partial charge in [0.2, 0.25) is 0 Å². The lowest BCUT2D eigenvalue weighted by atomic mass is 9.97. The SMILES string of the molecule is Cc1cncc(C(=O)N2CCC[C@H](c3nc4ccc(-c5cccs5)cn4n3)C2)c1. The Labute approximate surface area is 172 Å². The Morgan fingerprint density at radius 1 is 1.24 bits per heavy atom. The lowest BCUT2D eigenvalue weighted by Gasteiger charge is -2.31. The highest BCUT2D eigenvalue weighted by atomic mass is 32.1. The zero-order chi connectivity index (χ0) is 19.8. The van der Waals surface area contributed by atoms with Crippen LogP contribution >= 0.6 is 11.3 Å². The van der Waals surface area contributed by atoms with Crippen LogP contribution in [0, 0.1) is 6.92 Å². The van der Waals surface area contributed by atoms with Crippen molar-refractivity contribution >= 4 is 22.9 Å². The van der Waals surface area contributed by atoms with Crippen LogP contribution < -0.4 is 0 Å². The molecule has 146 valence electrons. The number of piperidine rings is 1. The number of amides is 1. The van der Waals surface area contributed by atoms with Crippen molar-refractivity contribution in [2.24, 2.45) is 0 Å². The van der Waals surface area contributed by atoms with E-state index in [1.165, 1.54) is 4.88 Å². The summed E-state index contributed by atoms with van der Waals surface area (Å²) in [4.78, 5) is 24.9. The minimum absolute atomic E-state index is 0.0367. The molecule has 6 nitrogen and oxygen atoms in total. The summed E-state index contributed by atoms with van der Waals surface area (Å²) in [6.07, 6.45) is 7.38. The van der Waals surface area contributed by atoms with Crippen LogP contribution in [0.5, 0.6) is 0 Å². The van der Waals surface area contributed by atoms with E-state index in [-0.39, 0.29) is 11.8 Å². The number of fused-ring (bicyclic) bond motifs is 1. The van der Waals surface area contributed by atoms with Crippen molar-refractivity contribution in [2.45, 2.75) is 25.7 Å². The van der Waals surface area contributed by atoms with E-state index in [1.807, 2.05) is 40.7 Å². The molecule has 1 aliphatic heterocycles. The predicted molar refractivity (Wildman–Crippen MR) is 113 cm³/mol. The first kappa shape index (κ1) is 18.0.